The van der Waals surface area contributed by atoms with E-state index in [9.17, 15) is 4.79 Å². The van der Waals surface area contributed by atoms with E-state index in [0.717, 1.165) is 56.5 Å². The van der Waals surface area contributed by atoms with E-state index < -0.39 is 0 Å². The summed E-state index contributed by atoms with van der Waals surface area (Å²) in [5, 5.41) is 6.78. The van der Waals surface area contributed by atoms with Crippen molar-refractivity contribution >= 4 is 17.7 Å². The lowest BCUT2D eigenvalue weighted by molar-refractivity contribution is -0.133. The fourth-order valence-corrected chi connectivity index (χ4v) is 3.75. The Bertz CT molecular complexity index is 706. The van der Waals surface area contributed by atoms with Gasteiger partial charge in [0.05, 0.1) is 12.7 Å². The topological polar surface area (TPSA) is 82.1 Å². The van der Waals surface area contributed by atoms with Crippen molar-refractivity contribution in [2.45, 2.75) is 45.9 Å². The van der Waals surface area contributed by atoms with Crippen molar-refractivity contribution in [2.75, 3.05) is 44.7 Å². The Hall–Kier alpha value is -2.35. The second-order valence-electron chi connectivity index (χ2n) is 8.15. The zero-order valence-corrected chi connectivity index (χ0v) is 18.0. The zero-order chi connectivity index (χ0) is 20.8. The molecule has 3 heterocycles. The fourth-order valence-electron chi connectivity index (χ4n) is 3.75. The van der Waals surface area contributed by atoms with Gasteiger partial charge >= 0.3 is 0 Å². The summed E-state index contributed by atoms with van der Waals surface area (Å²) in [6.07, 6.45) is 3.09. The van der Waals surface area contributed by atoms with Crippen molar-refractivity contribution in [1.82, 2.24) is 20.5 Å². The zero-order valence-electron chi connectivity index (χ0n) is 18.0. The average molecular weight is 403 g/mol. The summed E-state index contributed by atoms with van der Waals surface area (Å²) in [7, 11) is 1.77. The largest absolute Gasteiger partial charge is 0.375 e. The summed E-state index contributed by atoms with van der Waals surface area (Å²) in [5.74, 6) is 2.01. The summed E-state index contributed by atoms with van der Waals surface area (Å²) in [4.78, 5) is 25.3. The van der Waals surface area contributed by atoms with Gasteiger partial charge in [0, 0.05) is 57.9 Å². The number of pyridine rings is 1. The molecule has 8 nitrogen and oxygen atoms in total. The Morgan fingerprint density at radius 2 is 2.17 bits per heavy atom. The smallest absolute Gasteiger partial charge is 0.225 e. The Kier molecular flexibility index (Phi) is 7.30. The van der Waals surface area contributed by atoms with E-state index in [2.05, 4.69) is 44.6 Å². The second-order valence-corrected chi connectivity index (χ2v) is 8.15. The van der Waals surface area contributed by atoms with Gasteiger partial charge in [-0.05, 0) is 25.0 Å². The fraction of sp³-hybridized carbons (Fsp3) is 0.667. The summed E-state index contributed by atoms with van der Waals surface area (Å²) in [6.45, 7) is 10.7. The van der Waals surface area contributed by atoms with E-state index in [4.69, 9.17) is 4.74 Å². The number of aliphatic imine (C=N–C) groups is 1. The number of anilines is 1. The number of likely N-dealkylation sites (tertiary alicyclic amines) is 1. The molecule has 2 saturated heterocycles. The van der Waals surface area contributed by atoms with Crippen LogP contribution >= 0.6 is 0 Å². The molecule has 1 aromatic rings. The molecule has 2 atom stereocenters. The number of aromatic nitrogens is 1. The van der Waals surface area contributed by atoms with Crippen LogP contribution in [0.5, 0.6) is 0 Å². The van der Waals surface area contributed by atoms with Crippen molar-refractivity contribution in [2.24, 2.45) is 10.9 Å². The van der Waals surface area contributed by atoms with Crippen LogP contribution in [0.2, 0.25) is 0 Å². The van der Waals surface area contributed by atoms with Crippen LogP contribution in [0, 0.1) is 5.92 Å². The molecule has 0 radical (unpaired) electrons. The van der Waals surface area contributed by atoms with Crippen molar-refractivity contribution in [3.8, 4) is 0 Å². The Morgan fingerprint density at radius 1 is 1.34 bits per heavy atom. The van der Waals surface area contributed by atoms with E-state index in [1.165, 1.54) is 0 Å². The third-order valence-electron chi connectivity index (χ3n) is 5.39. The molecule has 2 aliphatic rings. The highest BCUT2D eigenvalue weighted by molar-refractivity contribution is 5.81. The van der Waals surface area contributed by atoms with Gasteiger partial charge in [0.15, 0.2) is 5.96 Å². The summed E-state index contributed by atoms with van der Waals surface area (Å²) < 4.78 is 5.60. The number of amides is 1. The van der Waals surface area contributed by atoms with Crippen molar-refractivity contribution in [3.63, 3.8) is 0 Å². The second kappa shape index (κ2) is 9.91. The lowest BCUT2D eigenvalue weighted by Crippen LogP contribution is -2.45. The van der Waals surface area contributed by atoms with E-state index in [1.807, 2.05) is 24.9 Å². The van der Waals surface area contributed by atoms with Crippen LogP contribution in [0.3, 0.4) is 0 Å². The van der Waals surface area contributed by atoms with Crippen LogP contribution in [0.25, 0.3) is 0 Å². The molecule has 0 aliphatic carbocycles. The normalized spacial score (nSPS) is 22.9. The first-order valence-corrected chi connectivity index (χ1v) is 10.5. The number of guanidine groups is 1. The molecule has 2 aliphatic heterocycles. The third-order valence-corrected chi connectivity index (χ3v) is 5.39. The lowest BCUT2D eigenvalue weighted by Gasteiger charge is -2.32. The molecule has 2 unspecified atom stereocenters. The maximum Gasteiger partial charge on any atom is 0.225 e. The Balaban J connectivity index is 1.46. The molecule has 2 N–H and O–H groups in total. The van der Waals surface area contributed by atoms with Crippen LogP contribution in [0.4, 0.5) is 5.82 Å². The van der Waals surface area contributed by atoms with E-state index >= 15 is 0 Å². The maximum atomic E-state index is 12.2. The molecule has 160 valence electrons. The number of carbonyl (C=O) groups excluding carboxylic acids is 1. The molecule has 2 fully saturated rings. The molecule has 8 heteroatoms. The standard InChI is InChI=1S/C21H34N6O2/c1-15(2)20(28)27-8-7-18(14-27)25-21(22-4)24-12-17-5-6-19(23-11-17)26-9-10-29-16(3)13-26/h5-6,11,15-16,18H,7-10,12-14H2,1-4H3,(H2,22,24,25). The molecule has 29 heavy (non-hydrogen) atoms. The number of ether oxygens (including phenoxy) is 1. The first-order valence-electron chi connectivity index (χ1n) is 10.5. The molecule has 1 aromatic heterocycles. The first-order chi connectivity index (χ1) is 14.0. The predicted octanol–water partition coefficient (Wildman–Crippen LogP) is 1.23. The van der Waals surface area contributed by atoms with Crippen LogP contribution < -0.4 is 15.5 Å². The first kappa shape index (κ1) is 21.4. The van der Waals surface area contributed by atoms with Crippen LogP contribution in [-0.4, -0.2) is 73.7 Å². The number of carbonyl (C=O) groups is 1. The molecular weight excluding hydrogens is 368 g/mol. The summed E-state index contributed by atoms with van der Waals surface area (Å²) in [5.41, 5.74) is 1.10. The van der Waals surface area contributed by atoms with Gasteiger partial charge < -0.3 is 25.2 Å². The highest BCUT2D eigenvalue weighted by Gasteiger charge is 2.28. The minimum Gasteiger partial charge on any atom is -0.375 e. The highest BCUT2D eigenvalue weighted by Crippen LogP contribution is 2.16. The Labute approximate surface area is 173 Å². The maximum absolute atomic E-state index is 12.2. The molecule has 3 rings (SSSR count). The van der Waals surface area contributed by atoms with Crippen molar-refractivity contribution in [3.05, 3.63) is 23.9 Å². The van der Waals surface area contributed by atoms with Gasteiger partial charge in [-0.25, -0.2) is 4.98 Å². The quantitative estimate of drug-likeness (QED) is 0.570. The average Bonchev–Trinajstić information content (AvgIpc) is 3.19. The Morgan fingerprint density at radius 3 is 2.83 bits per heavy atom. The molecule has 0 spiro atoms. The number of morpholine rings is 1. The SMILES string of the molecule is CN=C(NCc1ccc(N2CCOC(C)C2)nc1)NC1CCN(C(=O)C(C)C)C1. The van der Waals surface area contributed by atoms with Gasteiger partial charge in [0.2, 0.25) is 5.91 Å². The predicted molar refractivity (Wildman–Crippen MR) is 115 cm³/mol. The van der Waals surface area contributed by atoms with Crippen molar-refractivity contribution in [1.29, 1.82) is 0 Å². The molecule has 1 amide bonds. The monoisotopic (exact) mass is 402 g/mol. The van der Waals surface area contributed by atoms with E-state index in [1.54, 1.807) is 7.05 Å². The molecule has 0 bridgehead atoms. The minimum atomic E-state index is 0.0438. The van der Waals surface area contributed by atoms with E-state index in [0.29, 0.717) is 6.54 Å². The van der Waals surface area contributed by atoms with Crippen LogP contribution in [0.15, 0.2) is 23.3 Å². The number of rotatable bonds is 5. The molecule has 0 aromatic carbocycles. The summed E-state index contributed by atoms with van der Waals surface area (Å²) >= 11 is 0. The third kappa shape index (κ3) is 5.82. The lowest BCUT2D eigenvalue weighted by atomic mass is 10.2. The molecule has 0 saturated carbocycles. The van der Waals surface area contributed by atoms with E-state index in [-0.39, 0.29) is 24.0 Å². The van der Waals surface area contributed by atoms with Gasteiger partial charge in [-0.1, -0.05) is 19.9 Å². The number of hydrogen-bond donors (Lipinski definition) is 2. The number of nitrogens with one attached hydrogen (secondary N) is 2. The van der Waals surface area contributed by atoms with Gasteiger partial charge in [0.25, 0.3) is 0 Å². The van der Waals surface area contributed by atoms with Gasteiger partial charge in [0.1, 0.15) is 5.82 Å². The minimum absolute atomic E-state index is 0.0438. The van der Waals surface area contributed by atoms with Gasteiger partial charge in [-0.3, -0.25) is 9.79 Å². The highest BCUT2D eigenvalue weighted by atomic mass is 16.5. The molecular formula is C21H34N6O2. The summed E-state index contributed by atoms with van der Waals surface area (Å²) in [6, 6.07) is 4.40. The van der Waals surface area contributed by atoms with Crippen molar-refractivity contribution < 1.29 is 9.53 Å². The number of hydrogen-bond acceptors (Lipinski definition) is 5. The van der Waals surface area contributed by atoms with Crippen LogP contribution in [0.1, 0.15) is 32.8 Å². The van der Waals surface area contributed by atoms with Gasteiger partial charge in [-0.15, -0.1) is 0 Å². The number of nitrogens with zero attached hydrogens (tertiary/aromatic N) is 4. The van der Waals surface area contributed by atoms with Crippen LogP contribution in [-0.2, 0) is 16.1 Å². The van der Waals surface area contributed by atoms with Gasteiger partial charge in [-0.2, -0.15) is 0 Å².